The SMILES string of the molecule is O=C(c1cccc2[nH]ccc12)N1CCN(C(c2ccccc2)c2ccccc2)CC1. The highest BCUT2D eigenvalue weighted by Crippen LogP contribution is 2.30. The van der Waals surface area contributed by atoms with Crippen molar-refractivity contribution in [3.63, 3.8) is 0 Å². The lowest BCUT2D eigenvalue weighted by Crippen LogP contribution is -2.49. The first-order chi connectivity index (χ1) is 14.8. The summed E-state index contributed by atoms with van der Waals surface area (Å²) in [5.74, 6) is 0.121. The van der Waals surface area contributed by atoms with Crippen LogP contribution in [0.1, 0.15) is 27.5 Å². The maximum Gasteiger partial charge on any atom is 0.254 e. The molecular formula is C26H25N3O. The number of aromatic nitrogens is 1. The summed E-state index contributed by atoms with van der Waals surface area (Å²) < 4.78 is 0. The van der Waals surface area contributed by atoms with Gasteiger partial charge in [-0.15, -0.1) is 0 Å². The lowest BCUT2D eigenvalue weighted by molar-refractivity contribution is 0.0599. The number of carbonyl (C=O) groups excluding carboxylic acids is 1. The van der Waals surface area contributed by atoms with Crippen LogP contribution in [0.4, 0.5) is 0 Å². The first-order valence-corrected chi connectivity index (χ1v) is 10.5. The topological polar surface area (TPSA) is 39.3 Å². The zero-order chi connectivity index (χ0) is 20.3. The van der Waals surface area contributed by atoms with Gasteiger partial charge in [-0.2, -0.15) is 0 Å². The molecule has 0 unspecified atom stereocenters. The van der Waals surface area contributed by atoms with Crippen molar-refractivity contribution in [1.82, 2.24) is 14.8 Å². The van der Waals surface area contributed by atoms with Crippen LogP contribution in [-0.4, -0.2) is 46.9 Å². The van der Waals surface area contributed by atoms with Crippen LogP contribution in [0.15, 0.2) is 91.1 Å². The van der Waals surface area contributed by atoms with E-state index < -0.39 is 0 Å². The Morgan fingerprint density at radius 1 is 0.733 bits per heavy atom. The highest BCUT2D eigenvalue weighted by molar-refractivity contribution is 6.06. The molecule has 150 valence electrons. The largest absolute Gasteiger partial charge is 0.361 e. The van der Waals surface area contributed by atoms with Crippen molar-refractivity contribution in [2.24, 2.45) is 0 Å². The van der Waals surface area contributed by atoms with Gasteiger partial charge in [0.25, 0.3) is 5.91 Å². The van der Waals surface area contributed by atoms with Crippen LogP contribution < -0.4 is 0 Å². The third-order valence-corrected chi connectivity index (χ3v) is 6.02. The molecule has 5 rings (SSSR count). The molecule has 0 radical (unpaired) electrons. The number of fused-ring (bicyclic) bond motifs is 1. The first-order valence-electron chi connectivity index (χ1n) is 10.5. The molecule has 4 aromatic rings. The predicted octanol–water partition coefficient (Wildman–Crippen LogP) is 4.72. The van der Waals surface area contributed by atoms with Gasteiger partial charge in [0.05, 0.1) is 6.04 Å². The fraction of sp³-hybridized carbons (Fsp3) is 0.192. The third kappa shape index (κ3) is 3.51. The van der Waals surface area contributed by atoms with Gasteiger partial charge in [0, 0.05) is 48.8 Å². The van der Waals surface area contributed by atoms with Gasteiger partial charge in [0.2, 0.25) is 0 Å². The van der Waals surface area contributed by atoms with E-state index in [0.717, 1.165) is 42.6 Å². The molecule has 1 aromatic heterocycles. The lowest BCUT2D eigenvalue weighted by Gasteiger charge is -2.40. The molecule has 4 nitrogen and oxygen atoms in total. The fourth-order valence-corrected chi connectivity index (χ4v) is 4.51. The van der Waals surface area contributed by atoms with Gasteiger partial charge in [-0.3, -0.25) is 9.69 Å². The molecule has 0 spiro atoms. The van der Waals surface area contributed by atoms with Gasteiger partial charge in [-0.05, 0) is 29.3 Å². The minimum atomic E-state index is 0.121. The highest BCUT2D eigenvalue weighted by atomic mass is 16.2. The molecular weight excluding hydrogens is 370 g/mol. The van der Waals surface area contributed by atoms with Crippen molar-refractivity contribution in [2.45, 2.75) is 6.04 Å². The Labute approximate surface area is 176 Å². The van der Waals surface area contributed by atoms with Gasteiger partial charge in [-0.25, -0.2) is 0 Å². The number of H-pyrrole nitrogens is 1. The predicted molar refractivity (Wildman–Crippen MR) is 121 cm³/mol. The molecule has 1 aliphatic rings. The molecule has 3 aromatic carbocycles. The number of hydrogen-bond donors (Lipinski definition) is 1. The Morgan fingerprint density at radius 3 is 2.00 bits per heavy atom. The van der Waals surface area contributed by atoms with E-state index in [0.29, 0.717) is 0 Å². The molecule has 1 amide bonds. The molecule has 4 heteroatoms. The maximum absolute atomic E-state index is 13.2. The summed E-state index contributed by atoms with van der Waals surface area (Å²) in [6.07, 6.45) is 1.89. The molecule has 30 heavy (non-hydrogen) atoms. The van der Waals surface area contributed by atoms with Crippen LogP contribution in [0, 0.1) is 0 Å². The Kier molecular flexibility index (Phi) is 5.08. The van der Waals surface area contributed by atoms with Crippen LogP contribution in [0.25, 0.3) is 10.9 Å². The molecule has 1 fully saturated rings. The van der Waals surface area contributed by atoms with Crippen molar-refractivity contribution in [3.05, 3.63) is 108 Å². The lowest BCUT2D eigenvalue weighted by atomic mass is 9.96. The maximum atomic E-state index is 13.2. The molecule has 1 aliphatic heterocycles. The summed E-state index contributed by atoms with van der Waals surface area (Å²) in [4.78, 5) is 20.9. The molecule has 1 N–H and O–H groups in total. The van der Waals surface area contributed by atoms with E-state index in [1.807, 2.05) is 35.4 Å². The van der Waals surface area contributed by atoms with Gasteiger partial charge in [0.1, 0.15) is 0 Å². The fourth-order valence-electron chi connectivity index (χ4n) is 4.51. The summed E-state index contributed by atoms with van der Waals surface area (Å²) in [6, 6.07) is 29.4. The van der Waals surface area contributed by atoms with Crippen molar-refractivity contribution in [3.8, 4) is 0 Å². The zero-order valence-electron chi connectivity index (χ0n) is 16.9. The van der Waals surface area contributed by atoms with Crippen LogP contribution in [-0.2, 0) is 0 Å². The minimum Gasteiger partial charge on any atom is -0.361 e. The van der Waals surface area contributed by atoms with Gasteiger partial charge < -0.3 is 9.88 Å². The minimum absolute atomic E-state index is 0.121. The van der Waals surface area contributed by atoms with Crippen molar-refractivity contribution >= 4 is 16.8 Å². The Balaban J connectivity index is 1.36. The number of benzene rings is 3. The van der Waals surface area contributed by atoms with E-state index in [4.69, 9.17) is 0 Å². The zero-order valence-corrected chi connectivity index (χ0v) is 16.9. The van der Waals surface area contributed by atoms with Crippen LogP contribution in [0.3, 0.4) is 0 Å². The Hall–Kier alpha value is -3.37. The summed E-state index contributed by atoms with van der Waals surface area (Å²) in [7, 11) is 0. The smallest absolute Gasteiger partial charge is 0.254 e. The average Bonchev–Trinajstić information content (AvgIpc) is 3.30. The second-order valence-corrected chi connectivity index (χ2v) is 7.80. The van der Waals surface area contributed by atoms with Crippen LogP contribution in [0.5, 0.6) is 0 Å². The van der Waals surface area contributed by atoms with Crippen LogP contribution >= 0.6 is 0 Å². The molecule has 0 atom stereocenters. The number of amides is 1. The molecule has 0 saturated carbocycles. The van der Waals surface area contributed by atoms with Crippen molar-refractivity contribution in [1.29, 1.82) is 0 Å². The number of nitrogens with zero attached hydrogens (tertiary/aromatic N) is 2. The van der Waals surface area contributed by atoms with E-state index in [-0.39, 0.29) is 11.9 Å². The van der Waals surface area contributed by atoms with Crippen molar-refractivity contribution in [2.75, 3.05) is 26.2 Å². The number of hydrogen-bond acceptors (Lipinski definition) is 2. The summed E-state index contributed by atoms with van der Waals surface area (Å²) >= 11 is 0. The number of piperazine rings is 1. The van der Waals surface area contributed by atoms with Crippen LogP contribution in [0.2, 0.25) is 0 Å². The molecule has 0 aliphatic carbocycles. The van der Waals surface area contributed by atoms with E-state index in [1.165, 1.54) is 11.1 Å². The second-order valence-electron chi connectivity index (χ2n) is 7.80. The average molecular weight is 396 g/mol. The normalized spacial score (nSPS) is 15.0. The number of aromatic amines is 1. The second kappa shape index (κ2) is 8.17. The summed E-state index contributed by atoms with van der Waals surface area (Å²) in [5, 5.41) is 0.997. The molecule has 0 bridgehead atoms. The number of nitrogens with one attached hydrogen (secondary N) is 1. The Morgan fingerprint density at radius 2 is 1.37 bits per heavy atom. The standard InChI is InChI=1S/C26H25N3O/c30-26(23-12-7-13-24-22(23)14-15-27-24)29-18-16-28(17-19-29)25(20-8-3-1-4-9-20)21-10-5-2-6-11-21/h1-15,25,27H,16-19H2. The summed E-state index contributed by atoms with van der Waals surface area (Å²) in [5.41, 5.74) is 4.37. The van der Waals surface area contributed by atoms with E-state index in [2.05, 4.69) is 70.5 Å². The number of carbonyl (C=O) groups is 1. The van der Waals surface area contributed by atoms with E-state index in [1.54, 1.807) is 0 Å². The third-order valence-electron chi connectivity index (χ3n) is 6.02. The molecule has 1 saturated heterocycles. The first kappa shape index (κ1) is 18.6. The van der Waals surface area contributed by atoms with Gasteiger partial charge in [0.15, 0.2) is 0 Å². The highest BCUT2D eigenvalue weighted by Gasteiger charge is 2.29. The monoisotopic (exact) mass is 395 g/mol. The van der Waals surface area contributed by atoms with Gasteiger partial charge in [-0.1, -0.05) is 66.7 Å². The Bertz CT molecular complexity index is 1090. The van der Waals surface area contributed by atoms with Crippen molar-refractivity contribution < 1.29 is 4.79 Å². The quantitative estimate of drug-likeness (QED) is 0.543. The van der Waals surface area contributed by atoms with E-state index >= 15 is 0 Å². The molecule has 2 heterocycles. The van der Waals surface area contributed by atoms with Gasteiger partial charge >= 0.3 is 0 Å². The van der Waals surface area contributed by atoms with E-state index in [9.17, 15) is 4.79 Å². The summed E-state index contributed by atoms with van der Waals surface area (Å²) in [6.45, 7) is 3.16. The number of rotatable bonds is 4.